The molecule has 0 radical (unpaired) electrons. The van der Waals surface area contributed by atoms with Gasteiger partial charge < -0.3 is 14.6 Å². The van der Waals surface area contributed by atoms with Gasteiger partial charge in [0.25, 0.3) is 5.91 Å². The molecule has 0 saturated carbocycles. The van der Waals surface area contributed by atoms with Gasteiger partial charge in [0.05, 0.1) is 18.3 Å². The molecule has 0 saturated heterocycles. The average molecular weight is 301 g/mol. The van der Waals surface area contributed by atoms with E-state index in [1.807, 2.05) is 13.0 Å². The molecule has 0 aliphatic rings. The van der Waals surface area contributed by atoms with Crippen LogP contribution in [0.4, 0.5) is 0 Å². The molecule has 2 aromatic heterocycles. The molecule has 1 N–H and O–H groups in total. The Labute approximate surface area is 128 Å². The van der Waals surface area contributed by atoms with E-state index in [0.29, 0.717) is 5.69 Å². The Balaban J connectivity index is 2.26. The number of rotatable bonds is 5. The molecule has 0 aliphatic heterocycles. The molecule has 1 amide bonds. The summed E-state index contributed by atoms with van der Waals surface area (Å²) in [6, 6.07) is 6.47. The first kappa shape index (κ1) is 15.9. The first-order valence-corrected chi connectivity index (χ1v) is 6.91. The van der Waals surface area contributed by atoms with E-state index in [-0.39, 0.29) is 17.6 Å². The second kappa shape index (κ2) is 7.00. The maximum Gasteiger partial charge on any atom is 0.257 e. The summed E-state index contributed by atoms with van der Waals surface area (Å²) < 4.78 is 6.87. The van der Waals surface area contributed by atoms with Gasteiger partial charge in [0, 0.05) is 38.3 Å². The first-order valence-electron chi connectivity index (χ1n) is 6.91. The third kappa shape index (κ3) is 3.59. The number of nitrogens with zero attached hydrogens (tertiary/aromatic N) is 2. The average Bonchev–Trinajstić information content (AvgIpc) is 2.51. The van der Waals surface area contributed by atoms with Crippen LogP contribution in [0.3, 0.4) is 0 Å². The van der Waals surface area contributed by atoms with Crippen molar-refractivity contribution in [3.05, 3.63) is 63.8 Å². The molecule has 0 bridgehead atoms. The lowest BCUT2D eigenvalue weighted by molar-refractivity contribution is 0.0892. The number of hydrogen-bond donors (Lipinski definition) is 1. The van der Waals surface area contributed by atoms with Crippen molar-refractivity contribution in [3.8, 4) is 0 Å². The summed E-state index contributed by atoms with van der Waals surface area (Å²) >= 11 is 0. The minimum Gasteiger partial charge on any atom is -0.382 e. The van der Waals surface area contributed by atoms with Crippen LogP contribution in [0.5, 0.6) is 0 Å². The van der Waals surface area contributed by atoms with Crippen LogP contribution in [0, 0.1) is 6.92 Å². The fourth-order valence-electron chi connectivity index (χ4n) is 2.08. The normalized spacial score (nSPS) is 12.0. The highest BCUT2D eigenvalue weighted by molar-refractivity contribution is 5.94. The maximum atomic E-state index is 12.4. The van der Waals surface area contributed by atoms with Crippen molar-refractivity contribution >= 4 is 5.91 Å². The number of carbonyl (C=O) groups excluding carboxylic acids is 1. The molecule has 0 aliphatic carbocycles. The zero-order valence-corrected chi connectivity index (χ0v) is 12.9. The number of nitrogens with one attached hydrogen (secondary N) is 1. The van der Waals surface area contributed by atoms with Crippen molar-refractivity contribution in [2.45, 2.75) is 13.0 Å². The van der Waals surface area contributed by atoms with Gasteiger partial charge >= 0.3 is 0 Å². The number of aromatic nitrogens is 2. The van der Waals surface area contributed by atoms with Crippen molar-refractivity contribution in [2.75, 3.05) is 13.7 Å². The topological polar surface area (TPSA) is 73.2 Å². The van der Waals surface area contributed by atoms with Crippen molar-refractivity contribution in [1.29, 1.82) is 0 Å². The minimum atomic E-state index is -0.437. The number of ether oxygens (including phenoxy) is 1. The molecule has 2 aromatic rings. The van der Waals surface area contributed by atoms with Gasteiger partial charge in [-0.1, -0.05) is 6.07 Å². The fraction of sp³-hybridized carbons (Fsp3) is 0.312. The van der Waals surface area contributed by atoms with Crippen molar-refractivity contribution in [3.63, 3.8) is 0 Å². The monoisotopic (exact) mass is 301 g/mol. The summed E-state index contributed by atoms with van der Waals surface area (Å²) in [5.41, 5.74) is 1.27. The summed E-state index contributed by atoms with van der Waals surface area (Å²) in [5, 5.41) is 2.80. The Morgan fingerprint density at radius 2 is 2.23 bits per heavy atom. The highest BCUT2D eigenvalue weighted by Crippen LogP contribution is 2.10. The zero-order chi connectivity index (χ0) is 16.1. The van der Waals surface area contributed by atoms with E-state index in [9.17, 15) is 9.59 Å². The summed E-state index contributed by atoms with van der Waals surface area (Å²) in [7, 11) is 3.34. The van der Waals surface area contributed by atoms with Crippen LogP contribution in [0.15, 0.2) is 41.5 Å². The molecular weight excluding hydrogens is 282 g/mol. The van der Waals surface area contributed by atoms with Crippen molar-refractivity contribution < 1.29 is 9.53 Å². The van der Waals surface area contributed by atoms with Gasteiger partial charge in [-0.3, -0.25) is 14.6 Å². The summed E-state index contributed by atoms with van der Waals surface area (Å²) in [6.45, 7) is 2.08. The van der Waals surface area contributed by atoms with Crippen molar-refractivity contribution in [1.82, 2.24) is 14.9 Å². The third-order valence-corrected chi connectivity index (χ3v) is 3.41. The largest absolute Gasteiger partial charge is 0.382 e. The Bertz CT molecular complexity index is 710. The Hall–Kier alpha value is -2.47. The predicted octanol–water partition coefficient (Wildman–Crippen LogP) is 1.21. The van der Waals surface area contributed by atoms with Crippen LogP contribution in [0.25, 0.3) is 0 Å². The van der Waals surface area contributed by atoms with Crippen LogP contribution in [0.1, 0.15) is 27.8 Å². The van der Waals surface area contributed by atoms with Crippen LogP contribution < -0.4 is 10.7 Å². The van der Waals surface area contributed by atoms with Gasteiger partial charge in [0.1, 0.15) is 5.56 Å². The summed E-state index contributed by atoms with van der Waals surface area (Å²) in [4.78, 5) is 28.6. The Morgan fingerprint density at radius 3 is 2.86 bits per heavy atom. The predicted molar refractivity (Wildman–Crippen MR) is 82.7 cm³/mol. The van der Waals surface area contributed by atoms with E-state index in [0.717, 1.165) is 5.69 Å². The van der Waals surface area contributed by atoms with Gasteiger partial charge in [0.2, 0.25) is 0 Å². The number of carbonyl (C=O) groups is 1. The lowest BCUT2D eigenvalue weighted by Crippen LogP contribution is -2.35. The standard InChI is InChI=1S/C16H19N3O3/c1-11-8-15(20)12(9-19(11)2)16(21)18-14(10-22-3)13-6-4-5-7-17-13/h4-9,14H,10H2,1-3H3,(H,18,21)/t14-/m1/s1. The lowest BCUT2D eigenvalue weighted by Gasteiger charge is -2.17. The molecule has 6 heteroatoms. The minimum absolute atomic E-state index is 0.102. The van der Waals surface area contributed by atoms with Gasteiger partial charge in [-0.05, 0) is 19.1 Å². The molecule has 116 valence electrons. The van der Waals surface area contributed by atoms with Crippen LogP contribution in [-0.4, -0.2) is 29.2 Å². The van der Waals surface area contributed by atoms with Crippen molar-refractivity contribution in [2.24, 2.45) is 7.05 Å². The number of aryl methyl sites for hydroxylation is 2. The Morgan fingerprint density at radius 1 is 1.45 bits per heavy atom. The summed E-state index contributed by atoms with van der Waals surface area (Å²) in [5.74, 6) is -0.437. The molecule has 6 nitrogen and oxygen atoms in total. The SMILES string of the molecule is COC[C@@H](NC(=O)c1cn(C)c(C)cc1=O)c1ccccn1. The third-order valence-electron chi connectivity index (χ3n) is 3.41. The lowest BCUT2D eigenvalue weighted by atomic mass is 10.1. The molecule has 2 heterocycles. The molecule has 0 fully saturated rings. The van der Waals surface area contributed by atoms with Crippen LogP contribution >= 0.6 is 0 Å². The first-order chi connectivity index (χ1) is 10.5. The molecule has 2 rings (SSSR count). The Kier molecular flexibility index (Phi) is 5.06. The number of methoxy groups -OCH3 is 1. The van der Waals surface area contributed by atoms with Gasteiger partial charge in [-0.15, -0.1) is 0 Å². The number of amides is 1. The van der Waals surface area contributed by atoms with E-state index < -0.39 is 11.9 Å². The molecule has 1 atom stereocenters. The number of hydrogen-bond acceptors (Lipinski definition) is 4. The zero-order valence-electron chi connectivity index (χ0n) is 12.9. The smallest absolute Gasteiger partial charge is 0.257 e. The maximum absolute atomic E-state index is 12.4. The highest BCUT2D eigenvalue weighted by Gasteiger charge is 2.19. The molecule has 0 unspecified atom stereocenters. The highest BCUT2D eigenvalue weighted by atomic mass is 16.5. The van der Waals surface area contributed by atoms with E-state index >= 15 is 0 Å². The van der Waals surface area contributed by atoms with Gasteiger partial charge in [-0.2, -0.15) is 0 Å². The van der Waals surface area contributed by atoms with Gasteiger partial charge in [-0.25, -0.2) is 0 Å². The van der Waals surface area contributed by atoms with E-state index in [1.54, 1.807) is 37.1 Å². The second-order valence-corrected chi connectivity index (χ2v) is 5.04. The second-order valence-electron chi connectivity index (χ2n) is 5.04. The molecular formula is C16H19N3O3. The molecule has 22 heavy (non-hydrogen) atoms. The quantitative estimate of drug-likeness (QED) is 0.901. The number of pyridine rings is 2. The van der Waals surface area contributed by atoms with Crippen LogP contribution in [-0.2, 0) is 11.8 Å². The van der Waals surface area contributed by atoms with Crippen LogP contribution in [0.2, 0.25) is 0 Å². The van der Waals surface area contributed by atoms with E-state index in [4.69, 9.17) is 4.74 Å². The fourth-order valence-corrected chi connectivity index (χ4v) is 2.08. The van der Waals surface area contributed by atoms with E-state index in [2.05, 4.69) is 10.3 Å². The molecule has 0 spiro atoms. The molecule has 0 aromatic carbocycles. The van der Waals surface area contributed by atoms with E-state index in [1.165, 1.54) is 12.3 Å². The van der Waals surface area contributed by atoms with Gasteiger partial charge in [0.15, 0.2) is 5.43 Å². The summed E-state index contributed by atoms with van der Waals surface area (Å²) in [6.07, 6.45) is 3.18.